The Morgan fingerprint density at radius 3 is 2.72 bits per heavy atom. The van der Waals surface area contributed by atoms with Crippen LogP contribution in [0.25, 0.3) is 11.5 Å². The number of hydrogen-bond acceptors (Lipinski definition) is 5. The molecule has 0 spiro atoms. The van der Waals surface area contributed by atoms with Crippen molar-refractivity contribution in [2.75, 3.05) is 26.7 Å². The quantitative estimate of drug-likeness (QED) is 0.672. The molecule has 0 bridgehead atoms. The van der Waals surface area contributed by atoms with Crippen LogP contribution in [-0.4, -0.2) is 46.9 Å². The lowest BCUT2D eigenvalue weighted by Gasteiger charge is -2.38. The van der Waals surface area contributed by atoms with Crippen molar-refractivity contribution in [2.45, 2.75) is 33.6 Å². The molecule has 1 N–H and O–H groups in total. The molecule has 1 aliphatic carbocycles. The first-order valence-corrected chi connectivity index (χ1v) is 10.4. The molecule has 0 radical (unpaired) electrons. The fraction of sp³-hybridized carbons (Fsp3) is 0.565. The number of likely N-dealkylation sites (N-methyl/N-ethyl adjacent to an activating group) is 1. The first-order valence-electron chi connectivity index (χ1n) is 10.4. The highest BCUT2D eigenvalue weighted by molar-refractivity contribution is 5.53. The highest BCUT2D eigenvalue weighted by Gasteiger charge is 2.33. The molecule has 1 heterocycles. The van der Waals surface area contributed by atoms with Gasteiger partial charge in [-0.3, -0.25) is 0 Å². The van der Waals surface area contributed by atoms with Gasteiger partial charge in [0.05, 0.1) is 12.2 Å². The second kappa shape index (κ2) is 9.63. The number of aromatic nitrogens is 2. The van der Waals surface area contributed by atoms with E-state index in [1.807, 2.05) is 0 Å². The fourth-order valence-corrected chi connectivity index (χ4v) is 4.40. The van der Waals surface area contributed by atoms with E-state index in [0.717, 1.165) is 13.0 Å². The molecule has 3 rings (SSSR count). The van der Waals surface area contributed by atoms with Crippen LogP contribution in [0.1, 0.15) is 33.1 Å². The van der Waals surface area contributed by atoms with E-state index in [1.54, 1.807) is 18.2 Å². The SMILES string of the molecule is CC1=C[C@@H](CN(C)CCO)[C@H](C(C)C)C[C@H]1Cc1nnc(-c2ccccc2F)o1. The predicted molar refractivity (Wildman–Crippen MR) is 112 cm³/mol. The standard InChI is InChI=1S/C23H32FN3O2/c1-15(2)20-12-17(16(3)11-18(20)14-27(4)9-10-28)13-22-25-26-23(29-22)19-7-5-6-8-21(19)24/h5-8,11,15,17-18,20,28H,9-10,12-14H2,1-4H3/t17-,18-,20-/m0/s1. The first kappa shape index (κ1) is 21.7. The Morgan fingerprint density at radius 1 is 1.28 bits per heavy atom. The molecule has 0 aliphatic heterocycles. The highest BCUT2D eigenvalue weighted by atomic mass is 19.1. The second-order valence-electron chi connectivity index (χ2n) is 8.59. The molecule has 3 atom stereocenters. The van der Waals surface area contributed by atoms with Gasteiger partial charge in [0.15, 0.2) is 0 Å². The summed E-state index contributed by atoms with van der Waals surface area (Å²) in [5.41, 5.74) is 1.68. The van der Waals surface area contributed by atoms with Crippen molar-refractivity contribution in [3.05, 3.63) is 47.6 Å². The maximum atomic E-state index is 14.0. The molecule has 0 amide bonds. The van der Waals surface area contributed by atoms with E-state index in [2.05, 4.69) is 49.0 Å². The average Bonchev–Trinajstić information content (AvgIpc) is 3.12. The molecule has 1 aliphatic rings. The minimum atomic E-state index is -0.355. The molecule has 0 unspecified atom stereocenters. The van der Waals surface area contributed by atoms with Gasteiger partial charge < -0.3 is 14.4 Å². The van der Waals surface area contributed by atoms with Crippen LogP contribution in [0.2, 0.25) is 0 Å². The molecular weight excluding hydrogens is 369 g/mol. The number of aliphatic hydroxyl groups is 1. The minimum absolute atomic E-state index is 0.183. The van der Waals surface area contributed by atoms with Crippen LogP contribution in [0.3, 0.4) is 0 Å². The summed E-state index contributed by atoms with van der Waals surface area (Å²) >= 11 is 0. The monoisotopic (exact) mass is 401 g/mol. The first-order chi connectivity index (χ1) is 13.9. The zero-order valence-corrected chi connectivity index (χ0v) is 17.8. The van der Waals surface area contributed by atoms with Gasteiger partial charge >= 0.3 is 0 Å². The molecule has 1 aromatic carbocycles. The van der Waals surface area contributed by atoms with Crippen molar-refractivity contribution < 1.29 is 13.9 Å². The van der Waals surface area contributed by atoms with Crippen molar-refractivity contribution in [3.8, 4) is 11.5 Å². The molecule has 29 heavy (non-hydrogen) atoms. The Morgan fingerprint density at radius 2 is 2.03 bits per heavy atom. The van der Waals surface area contributed by atoms with E-state index < -0.39 is 0 Å². The number of halogens is 1. The van der Waals surface area contributed by atoms with Crippen molar-refractivity contribution in [3.63, 3.8) is 0 Å². The smallest absolute Gasteiger partial charge is 0.250 e. The topological polar surface area (TPSA) is 62.4 Å². The second-order valence-corrected chi connectivity index (χ2v) is 8.59. The Kier molecular flexibility index (Phi) is 7.19. The van der Waals surface area contributed by atoms with Crippen LogP contribution in [0.15, 0.2) is 40.3 Å². The zero-order valence-electron chi connectivity index (χ0n) is 17.8. The van der Waals surface area contributed by atoms with Crippen molar-refractivity contribution in [2.24, 2.45) is 23.7 Å². The molecule has 2 aromatic rings. The van der Waals surface area contributed by atoms with Gasteiger partial charge in [-0.2, -0.15) is 0 Å². The molecule has 0 fully saturated rings. The summed E-state index contributed by atoms with van der Waals surface area (Å²) in [6.45, 7) is 8.55. The molecule has 0 saturated heterocycles. The zero-order chi connectivity index (χ0) is 21.0. The predicted octanol–water partition coefficient (Wildman–Crippen LogP) is 4.20. The molecule has 6 heteroatoms. The van der Waals surface area contributed by atoms with Gasteiger partial charge in [-0.15, -0.1) is 10.2 Å². The van der Waals surface area contributed by atoms with E-state index in [9.17, 15) is 9.50 Å². The maximum Gasteiger partial charge on any atom is 0.250 e. The third-order valence-corrected chi connectivity index (χ3v) is 6.08. The van der Waals surface area contributed by atoms with Gasteiger partial charge in [0, 0.05) is 19.5 Å². The molecule has 0 saturated carbocycles. The summed E-state index contributed by atoms with van der Waals surface area (Å²) in [5, 5.41) is 17.4. The summed E-state index contributed by atoms with van der Waals surface area (Å²) in [5.74, 6) is 2.37. The lowest BCUT2D eigenvalue weighted by Crippen LogP contribution is -2.36. The Balaban J connectivity index is 1.74. The number of rotatable bonds is 8. The Bertz CT molecular complexity index is 833. The van der Waals surface area contributed by atoms with Gasteiger partial charge in [0.1, 0.15) is 5.82 Å². The summed E-state index contributed by atoms with van der Waals surface area (Å²) < 4.78 is 19.8. The van der Waals surface area contributed by atoms with Crippen molar-refractivity contribution in [1.82, 2.24) is 15.1 Å². The lowest BCUT2D eigenvalue weighted by molar-refractivity contribution is 0.156. The summed E-state index contributed by atoms with van der Waals surface area (Å²) in [6.07, 6.45) is 4.13. The van der Waals surface area contributed by atoms with Crippen LogP contribution in [0.4, 0.5) is 4.39 Å². The van der Waals surface area contributed by atoms with Gasteiger partial charge in [-0.1, -0.05) is 37.6 Å². The largest absolute Gasteiger partial charge is 0.421 e. The molecule has 5 nitrogen and oxygen atoms in total. The molecule has 1 aromatic heterocycles. The summed E-state index contributed by atoms with van der Waals surface area (Å²) in [6, 6.07) is 6.46. The maximum absolute atomic E-state index is 14.0. The van der Waals surface area contributed by atoms with E-state index in [-0.39, 0.29) is 18.3 Å². The third-order valence-electron chi connectivity index (χ3n) is 6.08. The normalized spacial score (nSPS) is 22.3. The Hall–Kier alpha value is -2.05. The third kappa shape index (κ3) is 5.31. The highest BCUT2D eigenvalue weighted by Crippen LogP contribution is 2.39. The molecular formula is C23H32FN3O2. The van der Waals surface area contributed by atoms with Crippen LogP contribution < -0.4 is 0 Å². The Labute approximate surface area is 172 Å². The van der Waals surface area contributed by atoms with Crippen molar-refractivity contribution in [1.29, 1.82) is 0 Å². The fourth-order valence-electron chi connectivity index (χ4n) is 4.40. The number of aliphatic hydroxyl groups excluding tert-OH is 1. The van der Waals surface area contributed by atoms with Crippen molar-refractivity contribution >= 4 is 0 Å². The van der Waals surface area contributed by atoms with Crippen LogP contribution in [-0.2, 0) is 6.42 Å². The lowest BCUT2D eigenvalue weighted by atomic mass is 9.69. The van der Waals surface area contributed by atoms with Gasteiger partial charge in [0.25, 0.3) is 5.89 Å². The van der Waals surface area contributed by atoms with Gasteiger partial charge in [0.2, 0.25) is 5.89 Å². The van der Waals surface area contributed by atoms with Crippen LogP contribution in [0, 0.1) is 29.5 Å². The van der Waals surface area contributed by atoms with Gasteiger partial charge in [-0.05, 0) is 56.2 Å². The van der Waals surface area contributed by atoms with E-state index in [1.165, 1.54) is 11.6 Å². The van der Waals surface area contributed by atoms with Crippen LogP contribution in [0.5, 0.6) is 0 Å². The van der Waals surface area contributed by atoms with E-state index in [0.29, 0.717) is 48.1 Å². The number of hydrogen-bond donors (Lipinski definition) is 1. The van der Waals surface area contributed by atoms with Gasteiger partial charge in [-0.25, -0.2) is 4.39 Å². The summed E-state index contributed by atoms with van der Waals surface area (Å²) in [7, 11) is 2.06. The number of nitrogens with zero attached hydrogens (tertiary/aromatic N) is 3. The van der Waals surface area contributed by atoms with Crippen LogP contribution >= 0.6 is 0 Å². The number of benzene rings is 1. The average molecular weight is 402 g/mol. The number of allylic oxidation sites excluding steroid dienone is 1. The minimum Gasteiger partial charge on any atom is -0.421 e. The molecule has 158 valence electrons. The van der Waals surface area contributed by atoms with E-state index in [4.69, 9.17) is 4.42 Å². The van der Waals surface area contributed by atoms with E-state index >= 15 is 0 Å². The summed E-state index contributed by atoms with van der Waals surface area (Å²) in [4.78, 5) is 2.20.